The van der Waals surface area contributed by atoms with Crippen LogP contribution in [-0.2, 0) is 11.2 Å². The van der Waals surface area contributed by atoms with Crippen molar-refractivity contribution >= 4 is 22.6 Å². The van der Waals surface area contributed by atoms with E-state index in [1.165, 1.54) is 34.8 Å². The first-order valence-electron chi connectivity index (χ1n) is 6.09. The summed E-state index contributed by atoms with van der Waals surface area (Å²) in [5.41, 5.74) is 1.33. The zero-order valence-electron chi connectivity index (χ0n) is 10.7. The molecule has 0 saturated heterocycles. The zero-order chi connectivity index (χ0) is 12.5. The van der Waals surface area contributed by atoms with Crippen LogP contribution in [0.4, 0.5) is 0 Å². The quantitative estimate of drug-likeness (QED) is 0.521. The maximum absolute atomic E-state index is 5.37. The Morgan fingerprint density at radius 3 is 2.53 bits per heavy atom. The van der Waals surface area contributed by atoms with E-state index < -0.39 is 0 Å². The minimum Gasteiger partial charge on any atom is -0.496 e. The third-order valence-corrected chi connectivity index (χ3v) is 3.46. The van der Waals surface area contributed by atoms with E-state index in [1.54, 1.807) is 14.2 Å². The lowest BCUT2D eigenvalue weighted by molar-refractivity contribution is 0.192. The highest BCUT2D eigenvalue weighted by atomic mass is 127. The van der Waals surface area contributed by atoms with Crippen LogP contribution < -0.4 is 4.74 Å². The van der Waals surface area contributed by atoms with E-state index in [2.05, 4.69) is 40.8 Å². The average Bonchev–Trinajstić information content (AvgIpc) is 2.34. The fourth-order valence-corrected chi connectivity index (χ4v) is 2.41. The molecule has 0 aliphatic rings. The molecule has 0 spiro atoms. The first-order chi connectivity index (χ1) is 8.27. The van der Waals surface area contributed by atoms with Gasteiger partial charge in [0.1, 0.15) is 5.75 Å². The molecule has 0 radical (unpaired) electrons. The molecular weight excluding hydrogens is 327 g/mol. The van der Waals surface area contributed by atoms with Crippen molar-refractivity contribution in [3.63, 3.8) is 0 Å². The van der Waals surface area contributed by atoms with E-state index in [4.69, 9.17) is 9.47 Å². The van der Waals surface area contributed by atoms with Crippen LogP contribution >= 0.6 is 22.6 Å². The van der Waals surface area contributed by atoms with Crippen LogP contribution in [0, 0.1) is 3.57 Å². The molecule has 0 N–H and O–H groups in total. The lowest BCUT2D eigenvalue weighted by Gasteiger charge is -2.08. The molecular formula is C14H21IO2. The third-order valence-electron chi connectivity index (χ3n) is 2.79. The number of rotatable bonds is 8. The fraction of sp³-hybridized carbons (Fsp3) is 0.571. The van der Waals surface area contributed by atoms with E-state index >= 15 is 0 Å². The van der Waals surface area contributed by atoms with Gasteiger partial charge in [-0.2, -0.15) is 0 Å². The molecule has 3 heteroatoms. The monoisotopic (exact) mass is 348 g/mol. The van der Waals surface area contributed by atoms with Gasteiger partial charge in [0.25, 0.3) is 0 Å². The van der Waals surface area contributed by atoms with Crippen molar-refractivity contribution in [3.8, 4) is 5.75 Å². The second-order valence-corrected chi connectivity index (χ2v) is 5.36. The summed E-state index contributed by atoms with van der Waals surface area (Å²) < 4.78 is 11.7. The van der Waals surface area contributed by atoms with E-state index in [-0.39, 0.29) is 0 Å². The van der Waals surface area contributed by atoms with Crippen LogP contribution in [-0.4, -0.2) is 20.8 Å². The fourth-order valence-electron chi connectivity index (χ4n) is 1.86. The van der Waals surface area contributed by atoms with Gasteiger partial charge in [-0.1, -0.05) is 12.8 Å². The van der Waals surface area contributed by atoms with Crippen molar-refractivity contribution in [1.82, 2.24) is 0 Å². The summed E-state index contributed by atoms with van der Waals surface area (Å²) in [4.78, 5) is 0. The SMILES string of the molecule is COCCCCCCc1cc(I)ccc1OC. The van der Waals surface area contributed by atoms with Gasteiger partial charge in [-0.15, -0.1) is 0 Å². The van der Waals surface area contributed by atoms with Crippen LogP contribution in [0.3, 0.4) is 0 Å². The Balaban J connectivity index is 2.32. The molecule has 0 aliphatic carbocycles. The topological polar surface area (TPSA) is 18.5 Å². The summed E-state index contributed by atoms with van der Waals surface area (Å²) in [5, 5.41) is 0. The summed E-state index contributed by atoms with van der Waals surface area (Å²) in [6.45, 7) is 0.882. The van der Waals surface area contributed by atoms with E-state index in [1.807, 2.05) is 0 Å². The Kier molecular flexibility index (Phi) is 7.60. The zero-order valence-corrected chi connectivity index (χ0v) is 12.8. The number of benzene rings is 1. The predicted molar refractivity (Wildman–Crippen MR) is 79.8 cm³/mol. The van der Waals surface area contributed by atoms with Crippen molar-refractivity contribution in [2.75, 3.05) is 20.8 Å². The Bertz CT molecular complexity index is 326. The lowest BCUT2D eigenvalue weighted by Crippen LogP contribution is -1.94. The van der Waals surface area contributed by atoms with Gasteiger partial charge < -0.3 is 9.47 Å². The molecule has 1 aromatic rings. The largest absolute Gasteiger partial charge is 0.496 e. The molecule has 0 heterocycles. The molecule has 0 fully saturated rings. The first-order valence-corrected chi connectivity index (χ1v) is 7.17. The number of aryl methyl sites for hydroxylation is 1. The second kappa shape index (κ2) is 8.75. The molecule has 2 nitrogen and oxygen atoms in total. The minimum atomic E-state index is 0.882. The molecule has 0 amide bonds. The highest BCUT2D eigenvalue weighted by Crippen LogP contribution is 2.23. The molecule has 0 aliphatic heterocycles. The number of halogens is 1. The summed E-state index contributed by atoms with van der Waals surface area (Å²) in [6.07, 6.45) is 6.01. The van der Waals surface area contributed by atoms with Crippen LogP contribution in [0.1, 0.15) is 31.2 Å². The number of hydrogen-bond donors (Lipinski definition) is 0. The van der Waals surface area contributed by atoms with Crippen LogP contribution in [0.15, 0.2) is 18.2 Å². The maximum atomic E-state index is 5.37. The van der Waals surface area contributed by atoms with Gasteiger partial charge >= 0.3 is 0 Å². The summed E-state index contributed by atoms with van der Waals surface area (Å²) in [7, 11) is 3.50. The highest BCUT2D eigenvalue weighted by molar-refractivity contribution is 14.1. The van der Waals surface area contributed by atoms with Crippen molar-refractivity contribution < 1.29 is 9.47 Å². The second-order valence-electron chi connectivity index (χ2n) is 4.11. The van der Waals surface area contributed by atoms with Gasteiger partial charge in [0.15, 0.2) is 0 Å². The molecule has 96 valence electrons. The molecule has 0 atom stereocenters. The van der Waals surface area contributed by atoms with E-state index in [9.17, 15) is 0 Å². The van der Waals surface area contributed by atoms with Crippen LogP contribution in [0.5, 0.6) is 5.75 Å². The van der Waals surface area contributed by atoms with Gasteiger partial charge in [0.2, 0.25) is 0 Å². The lowest BCUT2D eigenvalue weighted by atomic mass is 10.1. The third kappa shape index (κ3) is 5.73. The van der Waals surface area contributed by atoms with E-state index in [0.717, 1.165) is 18.8 Å². The Morgan fingerprint density at radius 1 is 1.06 bits per heavy atom. The van der Waals surface area contributed by atoms with Gasteiger partial charge in [-0.25, -0.2) is 0 Å². The number of methoxy groups -OCH3 is 2. The van der Waals surface area contributed by atoms with Gasteiger partial charge in [0.05, 0.1) is 7.11 Å². The van der Waals surface area contributed by atoms with Crippen LogP contribution in [0.25, 0.3) is 0 Å². The first kappa shape index (κ1) is 14.8. The molecule has 0 unspecified atom stereocenters. The molecule has 17 heavy (non-hydrogen) atoms. The van der Waals surface area contributed by atoms with Crippen LogP contribution in [0.2, 0.25) is 0 Å². The normalized spacial score (nSPS) is 10.5. The number of hydrogen-bond acceptors (Lipinski definition) is 2. The molecule has 1 rings (SSSR count). The molecule has 0 bridgehead atoms. The van der Waals surface area contributed by atoms with Crippen molar-refractivity contribution in [2.24, 2.45) is 0 Å². The van der Waals surface area contributed by atoms with Crippen molar-refractivity contribution in [1.29, 1.82) is 0 Å². The molecule has 0 aromatic heterocycles. The van der Waals surface area contributed by atoms with Crippen molar-refractivity contribution in [3.05, 3.63) is 27.3 Å². The predicted octanol–water partition coefficient (Wildman–Crippen LogP) is 4.05. The summed E-state index contributed by atoms with van der Waals surface area (Å²) in [6, 6.07) is 6.36. The van der Waals surface area contributed by atoms with Crippen molar-refractivity contribution in [2.45, 2.75) is 32.1 Å². The standard InChI is InChI=1S/C14H21IO2/c1-16-10-6-4-3-5-7-12-11-13(15)8-9-14(12)17-2/h8-9,11H,3-7,10H2,1-2H3. The summed E-state index contributed by atoms with van der Waals surface area (Å²) >= 11 is 2.35. The molecule has 0 saturated carbocycles. The smallest absolute Gasteiger partial charge is 0.122 e. The van der Waals surface area contributed by atoms with Gasteiger partial charge in [-0.3, -0.25) is 0 Å². The van der Waals surface area contributed by atoms with Gasteiger partial charge in [-0.05, 0) is 65.6 Å². The number of unbranched alkanes of at least 4 members (excludes halogenated alkanes) is 3. The molecule has 1 aromatic carbocycles. The van der Waals surface area contributed by atoms with E-state index in [0.29, 0.717) is 0 Å². The average molecular weight is 348 g/mol. The number of ether oxygens (including phenoxy) is 2. The Hall–Kier alpha value is -0.290. The Morgan fingerprint density at radius 2 is 1.82 bits per heavy atom. The van der Waals surface area contributed by atoms with Gasteiger partial charge in [0, 0.05) is 17.3 Å². The minimum absolute atomic E-state index is 0.882. The Labute approximate surface area is 118 Å². The highest BCUT2D eigenvalue weighted by Gasteiger charge is 2.03. The maximum Gasteiger partial charge on any atom is 0.122 e. The summed E-state index contributed by atoms with van der Waals surface area (Å²) in [5.74, 6) is 1.02.